The van der Waals surface area contributed by atoms with Gasteiger partial charge in [0.25, 0.3) is 5.91 Å². The lowest BCUT2D eigenvalue weighted by Gasteiger charge is -2.32. The molecule has 2 aromatic rings. The summed E-state index contributed by atoms with van der Waals surface area (Å²) in [7, 11) is 0. The van der Waals surface area contributed by atoms with E-state index in [1.54, 1.807) is 31.2 Å². The van der Waals surface area contributed by atoms with E-state index in [0.29, 0.717) is 11.4 Å². The average molecular weight is 435 g/mol. The molecule has 0 aliphatic carbocycles. The second-order valence-corrected chi connectivity index (χ2v) is 6.96. The largest absolute Gasteiger partial charge is 0.479 e. The molecule has 0 saturated heterocycles. The van der Waals surface area contributed by atoms with Crippen LogP contribution in [0.25, 0.3) is 0 Å². The standard InChI is InChI=1S/C21H20F3N3O4/c1-12-20(30)27(17-5-3-4-6-18(17)31-12)10-9-19(29)26-16-8-7-14(25-13(2)28)11-15(16)21(22,23)24/h3-8,11-12H,9-10H2,1-2H3,(H,25,28)(H,26,29). The van der Waals surface area contributed by atoms with Crippen LogP contribution in [-0.2, 0) is 20.6 Å². The Balaban J connectivity index is 1.74. The van der Waals surface area contributed by atoms with Gasteiger partial charge in [-0.15, -0.1) is 0 Å². The summed E-state index contributed by atoms with van der Waals surface area (Å²) < 4.78 is 45.8. The molecule has 0 aromatic heterocycles. The van der Waals surface area contributed by atoms with Gasteiger partial charge in [-0.1, -0.05) is 12.1 Å². The number of ether oxygens (including phenoxy) is 1. The number of para-hydroxylation sites is 2. The van der Waals surface area contributed by atoms with Crippen LogP contribution < -0.4 is 20.3 Å². The van der Waals surface area contributed by atoms with Gasteiger partial charge in [-0.25, -0.2) is 0 Å². The lowest BCUT2D eigenvalue weighted by Crippen LogP contribution is -2.45. The molecule has 1 heterocycles. The van der Waals surface area contributed by atoms with Crippen molar-refractivity contribution in [2.45, 2.75) is 32.5 Å². The van der Waals surface area contributed by atoms with Gasteiger partial charge in [-0.2, -0.15) is 13.2 Å². The second kappa shape index (κ2) is 8.66. The van der Waals surface area contributed by atoms with Gasteiger partial charge in [0.05, 0.1) is 16.9 Å². The molecular weight excluding hydrogens is 415 g/mol. The molecule has 0 saturated carbocycles. The number of benzene rings is 2. The van der Waals surface area contributed by atoms with Crippen LogP contribution in [0, 0.1) is 0 Å². The van der Waals surface area contributed by atoms with Gasteiger partial charge in [0.2, 0.25) is 11.8 Å². The van der Waals surface area contributed by atoms with E-state index in [1.165, 1.54) is 17.9 Å². The summed E-state index contributed by atoms with van der Waals surface area (Å²) in [6.45, 7) is 2.73. The van der Waals surface area contributed by atoms with Crippen molar-refractivity contribution in [3.05, 3.63) is 48.0 Å². The molecule has 2 aromatic carbocycles. The van der Waals surface area contributed by atoms with E-state index < -0.39 is 35.3 Å². The first-order chi connectivity index (χ1) is 14.6. The van der Waals surface area contributed by atoms with E-state index in [1.807, 2.05) is 0 Å². The third-order valence-electron chi connectivity index (χ3n) is 4.56. The predicted molar refractivity (Wildman–Crippen MR) is 108 cm³/mol. The highest BCUT2D eigenvalue weighted by atomic mass is 19.4. The Morgan fingerprint density at radius 2 is 1.84 bits per heavy atom. The normalized spacial score (nSPS) is 15.7. The molecule has 0 bridgehead atoms. The molecular formula is C21H20F3N3O4. The Hall–Kier alpha value is -3.56. The van der Waals surface area contributed by atoms with E-state index in [9.17, 15) is 27.6 Å². The topological polar surface area (TPSA) is 87.7 Å². The fourth-order valence-corrected chi connectivity index (χ4v) is 3.18. The average Bonchev–Trinajstić information content (AvgIpc) is 2.68. The molecule has 10 heteroatoms. The molecule has 2 N–H and O–H groups in total. The molecule has 7 nitrogen and oxygen atoms in total. The minimum Gasteiger partial charge on any atom is -0.479 e. The zero-order valence-electron chi connectivity index (χ0n) is 16.7. The third-order valence-corrected chi connectivity index (χ3v) is 4.56. The number of anilines is 3. The third kappa shape index (κ3) is 5.14. The molecule has 3 rings (SSSR count). The molecule has 1 atom stereocenters. The van der Waals surface area contributed by atoms with Crippen LogP contribution in [0.5, 0.6) is 5.75 Å². The van der Waals surface area contributed by atoms with Gasteiger partial charge >= 0.3 is 6.18 Å². The summed E-state index contributed by atoms with van der Waals surface area (Å²) in [6.07, 6.45) is -5.71. The monoisotopic (exact) mass is 435 g/mol. The number of carbonyl (C=O) groups is 3. The van der Waals surface area contributed by atoms with Crippen molar-refractivity contribution < 1.29 is 32.3 Å². The maximum absolute atomic E-state index is 13.4. The van der Waals surface area contributed by atoms with Gasteiger partial charge in [0, 0.05) is 25.6 Å². The number of rotatable bonds is 5. The van der Waals surface area contributed by atoms with Crippen molar-refractivity contribution in [3.63, 3.8) is 0 Å². The van der Waals surface area contributed by atoms with Crippen LogP contribution in [0.4, 0.5) is 30.2 Å². The summed E-state index contributed by atoms with van der Waals surface area (Å²) in [5.41, 5.74) is -1.07. The van der Waals surface area contributed by atoms with Crippen LogP contribution in [0.2, 0.25) is 0 Å². The number of carbonyl (C=O) groups excluding carboxylic acids is 3. The van der Waals surface area contributed by atoms with E-state index in [0.717, 1.165) is 12.1 Å². The highest BCUT2D eigenvalue weighted by molar-refractivity contribution is 6.01. The molecule has 31 heavy (non-hydrogen) atoms. The Kier molecular flexibility index (Phi) is 6.19. The maximum Gasteiger partial charge on any atom is 0.418 e. The summed E-state index contributed by atoms with van der Waals surface area (Å²) in [4.78, 5) is 37.3. The fourth-order valence-electron chi connectivity index (χ4n) is 3.18. The number of hydrogen-bond donors (Lipinski definition) is 2. The van der Waals surface area contributed by atoms with Gasteiger partial charge in [0.1, 0.15) is 5.75 Å². The molecule has 164 valence electrons. The van der Waals surface area contributed by atoms with E-state index in [4.69, 9.17) is 4.74 Å². The highest BCUT2D eigenvalue weighted by Crippen LogP contribution is 2.37. The number of amides is 3. The first-order valence-electron chi connectivity index (χ1n) is 9.42. The predicted octanol–water partition coefficient (Wildman–Crippen LogP) is 3.81. The molecule has 0 radical (unpaired) electrons. The van der Waals surface area contributed by atoms with Crippen molar-refractivity contribution in [1.29, 1.82) is 0 Å². The Morgan fingerprint density at radius 3 is 2.52 bits per heavy atom. The Morgan fingerprint density at radius 1 is 1.13 bits per heavy atom. The number of halogens is 3. The zero-order chi connectivity index (χ0) is 22.8. The number of nitrogens with one attached hydrogen (secondary N) is 2. The lowest BCUT2D eigenvalue weighted by molar-refractivity contribution is -0.137. The number of fused-ring (bicyclic) bond motifs is 1. The first kappa shape index (κ1) is 22.1. The van der Waals surface area contributed by atoms with Crippen LogP contribution >= 0.6 is 0 Å². The van der Waals surface area contributed by atoms with Crippen molar-refractivity contribution >= 4 is 34.8 Å². The maximum atomic E-state index is 13.4. The van der Waals surface area contributed by atoms with Crippen LogP contribution in [0.1, 0.15) is 25.8 Å². The fraction of sp³-hybridized carbons (Fsp3) is 0.286. The molecule has 1 aliphatic heterocycles. The van der Waals surface area contributed by atoms with Crippen molar-refractivity contribution in [3.8, 4) is 5.75 Å². The molecule has 1 aliphatic rings. The van der Waals surface area contributed by atoms with Crippen LogP contribution in [0.3, 0.4) is 0 Å². The minimum absolute atomic E-state index is 0.0271. The summed E-state index contributed by atoms with van der Waals surface area (Å²) >= 11 is 0. The quantitative estimate of drug-likeness (QED) is 0.748. The first-order valence-corrected chi connectivity index (χ1v) is 9.42. The van der Waals surface area contributed by atoms with Gasteiger partial charge in [-0.3, -0.25) is 14.4 Å². The Labute approximate surface area is 176 Å². The number of nitrogens with zero attached hydrogens (tertiary/aromatic N) is 1. The summed E-state index contributed by atoms with van der Waals surface area (Å²) in [5, 5.41) is 4.52. The lowest BCUT2D eigenvalue weighted by atomic mass is 10.1. The SMILES string of the molecule is CC(=O)Nc1ccc(NC(=O)CCN2C(=O)C(C)Oc3ccccc32)c(C(F)(F)F)c1. The van der Waals surface area contributed by atoms with Gasteiger partial charge < -0.3 is 20.3 Å². The van der Waals surface area contributed by atoms with E-state index in [2.05, 4.69) is 10.6 Å². The number of hydrogen-bond acceptors (Lipinski definition) is 4. The molecule has 0 fully saturated rings. The molecule has 3 amide bonds. The molecule has 0 spiro atoms. The van der Waals surface area contributed by atoms with E-state index in [-0.39, 0.29) is 24.6 Å². The van der Waals surface area contributed by atoms with Crippen molar-refractivity contribution in [2.75, 3.05) is 22.1 Å². The summed E-state index contributed by atoms with van der Waals surface area (Å²) in [6, 6.07) is 9.90. The molecule has 1 unspecified atom stereocenters. The smallest absolute Gasteiger partial charge is 0.418 e. The van der Waals surface area contributed by atoms with Gasteiger partial charge in [0.15, 0.2) is 6.10 Å². The Bertz CT molecular complexity index is 1020. The number of alkyl halides is 3. The van der Waals surface area contributed by atoms with Crippen LogP contribution in [-0.4, -0.2) is 30.4 Å². The van der Waals surface area contributed by atoms with E-state index >= 15 is 0 Å². The van der Waals surface area contributed by atoms with Crippen molar-refractivity contribution in [1.82, 2.24) is 0 Å². The zero-order valence-corrected chi connectivity index (χ0v) is 16.7. The van der Waals surface area contributed by atoms with Crippen LogP contribution in [0.15, 0.2) is 42.5 Å². The second-order valence-electron chi connectivity index (χ2n) is 6.96. The minimum atomic E-state index is -4.74. The highest BCUT2D eigenvalue weighted by Gasteiger charge is 2.35. The van der Waals surface area contributed by atoms with Crippen molar-refractivity contribution in [2.24, 2.45) is 0 Å². The summed E-state index contributed by atoms with van der Waals surface area (Å²) in [5.74, 6) is -1.07. The van der Waals surface area contributed by atoms with Gasteiger partial charge in [-0.05, 0) is 37.3 Å².